The average molecular weight is 481 g/mol. The number of methoxy groups -OCH3 is 2. The van der Waals surface area contributed by atoms with Crippen LogP contribution in [0.1, 0.15) is 44.9 Å². The van der Waals surface area contributed by atoms with E-state index in [1.54, 1.807) is 43.0 Å². The van der Waals surface area contributed by atoms with E-state index in [2.05, 4.69) is 17.1 Å². The quantitative estimate of drug-likeness (QED) is 0.318. The van der Waals surface area contributed by atoms with E-state index in [0.717, 1.165) is 30.6 Å². The molecule has 0 N–H and O–H groups in total. The summed E-state index contributed by atoms with van der Waals surface area (Å²) in [5, 5.41) is 9.34. The molecule has 9 heteroatoms. The fraction of sp³-hybridized carbons (Fsp3) is 0.360. The molecular formula is C25H28N4O4S. The zero-order valence-corrected chi connectivity index (χ0v) is 20.6. The number of carbonyl (C=O) groups is 1. The molecule has 3 aromatic rings. The number of unbranched alkanes of at least 4 members (excludes halogenated alkanes) is 2. The van der Waals surface area contributed by atoms with E-state index in [1.165, 1.54) is 6.92 Å². The second-order valence-electron chi connectivity index (χ2n) is 7.79. The number of para-hydroxylation sites is 1. The lowest BCUT2D eigenvalue weighted by Crippen LogP contribution is -2.36. The maximum atomic E-state index is 13.0. The van der Waals surface area contributed by atoms with Crippen molar-refractivity contribution in [3.8, 4) is 28.6 Å². The fourth-order valence-electron chi connectivity index (χ4n) is 3.86. The van der Waals surface area contributed by atoms with Crippen molar-refractivity contribution in [1.82, 2.24) is 15.2 Å². The standard InChI is InChI=1S/C25H28N4O4S/c1-5-6-9-14-34-25-26-23-22(27-28-25)18-10-7-8-11-20(18)29(16(2)30)24(33-23)19-15-17(31-3)12-13-21(19)32-4/h7-8,10-13,15,24H,5-6,9,14H2,1-4H3/t24-/m1/s1. The first-order valence-corrected chi connectivity index (χ1v) is 12.2. The Bertz CT molecular complexity index is 1170. The zero-order valence-electron chi connectivity index (χ0n) is 19.8. The van der Waals surface area contributed by atoms with Crippen molar-refractivity contribution in [1.29, 1.82) is 0 Å². The summed E-state index contributed by atoms with van der Waals surface area (Å²) in [6.45, 7) is 3.67. The van der Waals surface area contributed by atoms with E-state index in [-0.39, 0.29) is 5.91 Å². The van der Waals surface area contributed by atoms with E-state index in [9.17, 15) is 4.79 Å². The number of amides is 1. The van der Waals surface area contributed by atoms with Crippen LogP contribution in [0, 0.1) is 0 Å². The van der Waals surface area contributed by atoms with Crippen molar-refractivity contribution in [2.75, 3.05) is 24.9 Å². The summed E-state index contributed by atoms with van der Waals surface area (Å²) in [5.41, 5.74) is 2.50. The lowest BCUT2D eigenvalue weighted by atomic mass is 10.1. The largest absolute Gasteiger partial charge is 0.497 e. The van der Waals surface area contributed by atoms with Crippen LogP contribution in [0.25, 0.3) is 11.3 Å². The Hall–Kier alpha value is -3.33. The Morgan fingerprint density at radius 1 is 1.12 bits per heavy atom. The highest BCUT2D eigenvalue weighted by Gasteiger charge is 2.36. The number of fused-ring (bicyclic) bond motifs is 3. The Kier molecular flexibility index (Phi) is 7.52. The molecule has 0 spiro atoms. The monoisotopic (exact) mass is 480 g/mol. The Balaban J connectivity index is 1.85. The molecule has 1 aliphatic heterocycles. The van der Waals surface area contributed by atoms with Gasteiger partial charge in [-0.3, -0.25) is 9.69 Å². The van der Waals surface area contributed by atoms with Gasteiger partial charge in [0.1, 0.15) is 11.5 Å². The topological polar surface area (TPSA) is 86.7 Å². The summed E-state index contributed by atoms with van der Waals surface area (Å²) >= 11 is 1.55. The summed E-state index contributed by atoms with van der Waals surface area (Å²) in [4.78, 5) is 19.3. The molecule has 0 unspecified atom stereocenters. The summed E-state index contributed by atoms with van der Waals surface area (Å²) in [5.74, 6) is 2.21. The van der Waals surface area contributed by atoms with Crippen LogP contribution in [0.3, 0.4) is 0 Å². The summed E-state index contributed by atoms with van der Waals surface area (Å²) in [6.07, 6.45) is 2.53. The molecule has 178 valence electrons. The van der Waals surface area contributed by atoms with E-state index >= 15 is 0 Å². The minimum absolute atomic E-state index is 0.197. The minimum Gasteiger partial charge on any atom is -0.497 e. The summed E-state index contributed by atoms with van der Waals surface area (Å²) in [7, 11) is 3.17. The molecule has 1 aliphatic rings. The van der Waals surface area contributed by atoms with Gasteiger partial charge in [-0.05, 0) is 30.7 Å². The lowest BCUT2D eigenvalue weighted by Gasteiger charge is -2.30. The number of hydrogen-bond acceptors (Lipinski definition) is 8. The van der Waals surface area contributed by atoms with Crippen molar-refractivity contribution < 1.29 is 19.0 Å². The molecule has 0 radical (unpaired) electrons. The molecule has 0 saturated heterocycles. The maximum absolute atomic E-state index is 13.0. The van der Waals surface area contributed by atoms with Gasteiger partial charge in [0.25, 0.3) is 0 Å². The van der Waals surface area contributed by atoms with Gasteiger partial charge in [-0.1, -0.05) is 49.7 Å². The number of anilines is 1. The number of aromatic nitrogens is 3. The predicted octanol–water partition coefficient (Wildman–Crippen LogP) is 5.28. The Labute approximate surface area is 203 Å². The van der Waals surface area contributed by atoms with Crippen molar-refractivity contribution in [3.63, 3.8) is 0 Å². The van der Waals surface area contributed by atoms with Crippen molar-refractivity contribution in [2.45, 2.75) is 44.5 Å². The number of carbonyl (C=O) groups excluding carboxylic acids is 1. The first kappa shape index (κ1) is 23.8. The SMILES string of the molecule is CCCCCSc1nnc2c(n1)O[C@H](c1cc(OC)ccc1OC)N(C(C)=O)c1ccccc1-2. The number of thioether (sulfide) groups is 1. The normalized spacial score (nSPS) is 14.5. The number of hydrogen-bond donors (Lipinski definition) is 0. The van der Waals surface area contributed by atoms with Crippen LogP contribution >= 0.6 is 11.8 Å². The number of ether oxygens (including phenoxy) is 3. The molecule has 0 aliphatic carbocycles. The minimum atomic E-state index is -0.848. The Morgan fingerprint density at radius 3 is 2.68 bits per heavy atom. The summed E-state index contributed by atoms with van der Waals surface area (Å²) in [6, 6.07) is 12.9. The molecule has 0 bridgehead atoms. The molecule has 2 heterocycles. The molecular weight excluding hydrogens is 452 g/mol. The molecule has 0 fully saturated rings. The number of benzene rings is 2. The van der Waals surface area contributed by atoms with E-state index in [1.807, 2.05) is 30.3 Å². The second kappa shape index (κ2) is 10.7. The second-order valence-corrected chi connectivity index (χ2v) is 8.85. The van der Waals surface area contributed by atoms with Gasteiger partial charge in [-0.25, -0.2) is 0 Å². The van der Waals surface area contributed by atoms with Gasteiger partial charge in [-0.2, -0.15) is 4.98 Å². The molecule has 4 rings (SSSR count). The Morgan fingerprint density at radius 2 is 1.94 bits per heavy atom. The molecule has 8 nitrogen and oxygen atoms in total. The third-order valence-corrected chi connectivity index (χ3v) is 6.46. The fourth-order valence-corrected chi connectivity index (χ4v) is 4.64. The van der Waals surface area contributed by atoms with E-state index in [0.29, 0.717) is 39.5 Å². The molecule has 2 aromatic carbocycles. The van der Waals surface area contributed by atoms with Crippen LogP contribution in [0.15, 0.2) is 47.6 Å². The first-order valence-electron chi connectivity index (χ1n) is 11.2. The molecule has 1 atom stereocenters. The van der Waals surface area contributed by atoms with Gasteiger partial charge in [0.05, 0.1) is 25.5 Å². The highest BCUT2D eigenvalue weighted by molar-refractivity contribution is 7.99. The zero-order chi connectivity index (χ0) is 24.1. The highest BCUT2D eigenvalue weighted by atomic mass is 32.2. The van der Waals surface area contributed by atoms with E-state index < -0.39 is 6.23 Å². The lowest BCUT2D eigenvalue weighted by molar-refractivity contribution is -0.118. The van der Waals surface area contributed by atoms with Gasteiger partial charge in [-0.15, -0.1) is 10.2 Å². The summed E-state index contributed by atoms with van der Waals surface area (Å²) < 4.78 is 17.5. The van der Waals surface area contributed by atoms with E-state index in [4.69, 9.17) is 19.2 Å². The molecule has 1 aromatic heterocycles. The average Bonchev–Trinajstić information content (AvgIpc) is 3.00. The highest BCUT2D eigenvalue weighted by Crippen LogP contribution is 2.45. The number of rotatable bonds is 8. The van der Waals surface area contributed by atoms with Gasteiger partial charge >= 0.3 is 0 Å². The third kappa shape index (κ3) is 4.79. The smallest absolute Gasteiger partial charge is 0.247 e. The van der Waals surface area contributed by atoms with Crippen LogP contribution in [0.2, 0.25) is 0 Å². The van der Waals surface area contributed by atoms with Crippen LogP contribution in [-0.2, 0) is 4.79 Å². The van der Waals surface area contributed by atoms with Gasteiger partial charge in [0.15, 0.2) is 5.69 Å². The van der Waals surface area contributed by atoms with Crippen molar-refractivity contribution in [3.05, 3.63) is 48.0 Å². The van der Waals surface area contributed by atoms with Gasteiger partial charge in [0.2, 0.25) is 23.2 Å². The molecule has 1 amide bonds. The molecule has 0 saturated carbocycles. The molecule has 34 heavy (non-hydrogen) atoms. The van der Waals surface area contributed by atoms with Crippen LogP contribution < -0.4 is 19.1 Å². The van der Waals surface area contributed by atoms with Gasteiger partial charge < -0.3 is 14.2 Å². The van der Waals surface area contributed by atoms with Crippen molar-refractivity contribution in [2.24, 2.45) is 0 Å². The third-order valence-electron chi connectivity index (χ3n) is 5.53. The first-order chi connectivity index (χ1) is 16.6. The number of nitrogens with zero attached hydrogens (tertiary/aromatic N) is 4. The van der Waals surface area contributed by atoms with Crippen LogP contribution in [0.5, 0.6) is 17.4 Å². The maximum Gasteiger partial charge on any atom is 0.247 e. The van der Waals surface area contributed by atoms with Gasteiger partial charge in [0, 0.05) is 18.2 Å². The van der Waals surface area contributed by atoms with Crippen LogP contribution in [0.4, 0.5) is 5.69 Å². The van der Waals surface area contributed by atoms with Crippen molar-refractivity contribution >= 4 is 23.4 Å². The predicted molar refractivity (Wildman–Crippen MR) is 132 cm³/mol. The van der Waals surface area contributed by atoms with Crippen LogP contribution in [-0.4, -0.2) is 41.1 Å².